The highest BCUT2D eigenvalue weighted by Gasteiger charge is 2.66. The first-order chi connectivity index (χ1) is 27.6. The van der Waals surface area contributed by atoms with Gasteiger partial charge in [0.1, 0.15) is 0 Å². The third-order valence-electron chi connectivity index (χ3n) is 12.4. The number of benzene rings is 5. The SMILES string of the molecule is COc1cc(C2C3=CCC4C(=O)N(c5ccc(C(=O)c6ccccc6)cc5)C(=O)C4C3CC3C(=O)C(c4ccccc4)=CC(=O)C32c2ccccc2)cc(Cl)c1O. The van der Waals surface area contributed by atoms with E-state index < -0.39 is 40.9 Å². The molecule has 2 amide bonds. The molecule has 1 saturated heterocycles. The second-order valence-electron chi connectivity index (χ2n) is 15.1. The molecule has 3 aliphatic carbocycles. The molecule has 9 rings (SSSR count). The Kier molecular flexibility index (Phi) is 8.89. The third kappa shape index (κ3) is 5.53. The molecule has 0 radical (unpaired) electrons. The van der Waals surface area contributed by atoms with E-state index in [9.17, 15) is 19.5 Å². The lowest BCUT2D eigenvalue weighted by Crippen LogP contribution is -2.58. The van der Waals surface area contributed by atoms with Crippen molar-refractivity contribution in [1.82, 2.24) is 0 Å². The summed E-state index contributed by atoms with van der Waals surface area (Å²) in [5.41, 5.74) is 2.64. The molecule has 1 N–H and O–H groups in total. The monoisotopic (exact) mass is 773 g/mol. The van der Waals surface area contributed by atoms with Crippen LogP contribution in [0.3, 0.4) is 0 Å². The number of fused-ring (bicyclic) bond motifs is 4. The number of aromatic hydroxyl groups is 1. The summed E-state index contributed by atoms with van der Waals surface area (Å²) in [7, 11) is 1.41. The largest absolute Gasteiger partial charge is 0.503 e. The number of Topliss-reactive ketones (excluding diaryl/α,β-unsaturated/α-hetero) is 1. The number of carbonyl (C=O) groups is 5. The number of carbonyl (C=O) groups excluding carboxylic acids is 5. The molecule has 5 aromatic carbocycles. The van der Waals surface area contributed by atoms with Crippen LogP contribution in [0.2, 0.25) is 5.02 Å². The zero-order valence-corrected chi connectivity index (χ0v) is 31.6. The Morgan fingerprint density at radius 1 is 0.789 bits per heavy atom. The van der Waals surface area contributed by atoms with Crippen molar-refractivity contribution in [3.8, 4) is 11.5 Å². The van der Waals surface area contributed by atoms with Crippen LogP contribution in [0.25, 0.3) is 5.57 Å². The van der Waals surface area contributed by atoms with E-state index in [1.165, 1.54) is 18.1 Å². The smallest absolute Gasteiger partial charge is 0.238 e. The minimum absolute atomic E-state index is 0.00288. The van der Waals surface area contributed by atoms with Gasteiger partial charge >= 0.3 is 0 Å². The molecule has 0 spiro atoms. The number of nitrogens with zero attached hydrogens (tertiary/aromatic N) is 1. The number of methoxy groups -OCH3 is 1. The Bertz CT molecular complexity index is 2550. The summed E-state index contributed by atoms with van der Waals surface area (Å²) in [6, 6.07) is 36.9. The molecule has 9 heteroatoms. The Balaban J connectivity index is 1.19. The molecule has 57 heavy (non-hydrogen) atoms. The zero-order chi connectivity index (χ0) is 39.6. The van der Waals surface area contributed by atoms with Crippen molar-refractivity contribution in [2.24, 2.45) is 23.7 Å². The first-order valence-electron chi connectivity index (χ1n) is 18.9. The van der Waals surface area contributed by atoms with Crippen molar-refractivity contribution in [3.63, 3.8) is 0 Å². The second kappa shape index (κ2) is 14.0. The molecule has 1 saturated carbocycles. The minimum Gasteiger partial charge on any atom is -0.503 e. The fourth-order valence-electron chi connectivity index (χ4n) is 9.94. The average molecular weight is 774 g/mol. The number of hydrogen-bond acceptors (Lipinski definition) is 7. The minimum atomic E-state index is -1.47. The Labute approximate surface area is 334 Å². The molecular formula is C48H36ClNO7. The molecule has 282 valence electrons. The van der Waals surface area contributed by atoms with Gasteiger partial charge in [-0.1, -0.05) is 114 Å². The number of phenols is 1. The Hall–Kier alpha value is -6.38. The van der Waals surface area contributed by atoms with Crippen LogP contribution in [0.4, 0.5) is 5.69 Å². The topological polar surface area (TPSA) is 118 Å². The molecule has 0 bridgehead atoms. The van der Waals surface area contributed by atoms with Crippen molar-refractivity contribution in [2.75, 3.05) is 12.0 Å². The number of ether oxygens (including phenoxy) is 1. The van der Waals surface area contributed by atoms with Gasteiger partial charge in [-0.05, 0) is 77.9 Å². The number of imide groups is 1. The molecule has 4 aliphatic rings. The molecule has 1 aliphatic heterocycles. The van der Waals surface area contributed by atoms with Crippen LogP contribution < -0.4 is 9.64 Å². The van der Waals surface area contributed by atoms with Gasteiger partial charge in [0.2, 0.25) is 11.8 Å². The van der Waals surface area contributed by atoms with Gasteiger partial charge in [-0.15, -0.1) is 0 Å². The van der Waals surface area contributed by atoms with Gasteiger partial charge in [0.05, 0.1) is 35.1 Å². The van der Waals surface area contributed by atoms with Gasteiger partial charge in [0.25, 0.3) is 0 Å². The van der Waals surface area contributed by atoms with Crippen LogP contribution >= 0.6 is 11.6 Å². The summed E-state index contributed by atoms with van der Waals surface area (Å²) < 4.78 is 5.56. The summed E-state index contributed by atoms with van der Waals surface area (Å²) >= 11 is 6.67. The van der Waals surface area contributed by atoms with Crippen LogP contribution in [-0.4, -0.2) is 41.4 Å². The number of phenolic OH excluding ortho intramolecular Hbond substituents is 1. The van der Waals surface area contributed by atoms with Gasteiger partial charge in [-0.25, -0.2) is 0 Å². The normalized spacial score (nSPS) is 25.2. The van der Waals surface area contributed by atoms with E-state index in [4.69, 9.17) is 16.3 Å². The van der Waals surface area contributed by atoms with Crippen molar-refractivity contribution in [3.05, 3.63) is 178 Å². The first kappa shape index (κ1) is 36.3. The number of ketones is 3. The maximum Gasteiger partial charge on any atom is 0.238 e. The quantitative estimate of drug-likeness (QED) is 0.100. The maximum atomic E-state index is 15.3. The van der Waals surface area contributed by atoms with Crippen molar-refractivity contribution >= 4 is 52.0 Å². The lowest BCUT2D eigenvalue weighted by atomic mass is 9.44. The molecule has 1 heterocycles. The van der Waals surface area contributed by atoms with Crippen LogP contribution in [-0.2, 0) is 24.6 Å². The fraction of sp³-hybridized carbons (Fsp3) is 0.188. The highest BCUT2D eigenvalue weighted by Crippen LogP contribution is 2.64. The molecule has 0 aromatic heterocycles. The summed E-state index contributed by atoms with van der Waals surface area (Å²) in [5, 5.41) is 10.8. The van der Waals surface area contributed by atoms with E-state index in [-0.39, 0.29) is 58.2 Å². The fourth-order valence-corrected chi connectivity index (χ4v) is 10.2. The summed E-state index contributed by atoms with van der Waals surface area (Å²) in [6.45, 7) is 0. The summed E-state index contributed by atoms with van der Waals surface area (Å²) in [6.07, 6.45) is 3.78. The Morgan fingerprint density at radius 3 is 2.09 bits per heavy atom. The molecule has 2 fully saturated rings. The van der Waals surface area contributed by atoms with Crippen LogP contribution in [0, 0.1) is 23.7 Å². The molecule has 6 unspecified atom stereocenters. The van der Waals surface area contributed by atoms with Gasteiger partial charge in [0.15, 0.2) is 28.8 Å². The molecule has 6 atom stereocenters. The van der Waals surface area contributed by atoms with E-state index in [1.54, 1.807) is 72.8 Å². The van der Waals surface area contributed by atoms with Gasteiger partial charge in [0, 0.05) is 28.5 Å². The van der Waals surface area contributed by atoms with E-state index in [0.717, 1.165) is 5.57 Å². The number of hydrogen-bond donors (Lipinski definition) is 1. The number of rotatable bonds is 7. The van der Waals surface area contributed by atoms with Gasteiger partial charge in [-0.3, -0.25) is 28.9 Å². The predicted molar refractivity (Wildman–Crippen MR) is 215 cm³/mol. The van der Waals surface area contributed by atoms with E-state index in [0.29, 0.717) is 33.5 Å². The summed E-state index contributed by atoms with van der Waals surface area (Å²) in [4.78, 5) is 73.9. The predicted octanol–water partition coefficient (Wildman–Crippen LogP) is 8.31. The molecule has 5 aromatic rings. The van der Waals surface area contributed by atoms with Crippen LogP contribution in [0.5, 0.6) is 11.5 Å². The lowest BCUT2D eigenvalue weighted by Gasteiger charge is -2.55. The van der Waals surface area contributed by atoms with E-state index in [2.05, 4.69) is 0 Å². The van der Waals surface area contributed by atoms with Crippen LogP contribution in [0.15, 0.2) is 145 Å². The van der Waals surface area contributed by atoms with Gasteiger partial charge in [-0.2, -0.15) is 0 Å². The van der Waals surface area contributed by atoms with E-state index in [1.807, 2.05) is 60.7 Å². The average Bonchev–Trinajstić information content (AvgIpc) is 3.51. The molecular weight excluding hydrogens is 738 g/mol. The van der Waals surface area contributed by atoms with E-state index >= 15 is 9.59 Å². The number of amides is 2. The van der Waals surface area contributed by atoms with Crippen LogP contribution in [0.1, 0.15) is 51.4 Å². The van der Waals surface area contributed by atoms with Crippen molar-refractivity contribution in [2.45, 2.75) is 24.2 Å². The standard InChI is InChI=1S/C48H36ClNO7/c1-57-39-24-30(23-38(49)45(39)54)42-33-21-22-34-41(47(56)50(46(34)55)32-19-17-29(18-20-32)43(52)28-13-7-3-8-14-28)36(33)25-37-44(53)35(27-11-5-2-6-12-27)26-40(51)48(37,42)31-15-9-4-10-16-31/h2-21,23-24,26,34,36-37,41-42,54H,22,25H2,1H3. The highest BCUT2D eigenvalue weighted by molar-refractivity contribution is 6.33. The number of allylic oxidation sites excluding steroid dienone is 4. The molecule has 8 nitrogen and oxygen atoms in total. The zero-order valence-electron chi connectivity index (χ0n) is 30.8. The number of anilines is 1. The third-order valence-corrected chi connectivity index (χ3v) is 12.7. The first-order valence-corrected chi connectivity index (χ1v) is 19.3. The highest BCUT2D eigenvalue weighted by atomic mass is 35.5. The summed E-state index contributed by atoms with van der Waals surface area (Å²) in [5.74, 6) is -5.54. The maximum absolute atomic E-state index is 15.3. The van der Waals surface area contributed by atoms with Crippen molar-refractivity contribution < 1.29 is 33.8 Å². The van der Waals surface area contributed by atoms with Gasteiger partial charge < -0.3 is 9.84 Å². The lowest BCUT2D eigenvalue weighted by molar-refractivity contribution is -0.135. The second-order valence-corrected chi connectivity index (χ2v) is 15.5. The number of halogens is 1. The Morgan fingerprint density at radius 2 is 1.42 bits per heavy atom. The van der Waals surface area contributed by atoms with Crippen molar-refractivity contribution in [1.29, 1.82) is 0 Å².